The van der Waals surface area contributed by atoms with Crippen molar-refractivity contribution in [1.82, 2.24) is 46.2 Å². The number of amides is 7. The molecule has 3 aromatic carbocycles. The van der Waals surface area contributed by atoms with Gasteiger partial charge in [0.05, 0.1) is 24.2 Å². The van der Waals surface area contributed by atoms with Gasteiger partial charge in [-0.2, -0.15) is 0 Å². The van der Waals surface area contributed by atoms with Crippen molar-refractivity contribution in [3.63, 3.8) is 0 Å². The van der Waals surface area contributed by atoms with Gasteiger partial charge in [-0.25, -0.2) is 0 Å². The van der Waals surface area contributed by atoms with Crippen LogP contribution in [0.25, 0.3) is 0 Å². The number of nitrogens with zero attached hydrogens (tertiary/aromatic N) is 4. The lowest BCUT2D eigenvalue weighted by Crippen LogP contribution is -2.58. The smallest absolute Gasteiger partial charge is 0.251 e. The van der Waals surface area contributed by atoms with Crippen molar-refractivity contribution in [2.75, 3.05) is 40.3 Å². The van der Waals surface area contributed by atoms with Gasteiger partial charge in [-0.15, -0.1) is 0 Å². The fraction of sp³-hybridized carbons (Fsp3) is 0.600. The summed E-state index contributed by atoms with van der Waals surface area (Å²) in [5, 5.41) is 15.3. The third kappa shape index (κ3) is 14.1. The highest BCUT2D eigenvalue weighted by atomic mass is 16.2. The minimum Gasteiger partial charge on any atom is -0.347 e. The molecule has 82 heavy (non-hydrogen) atoms. The third-order valence-electron chi connectivity index (χ3n) is 19.1. The van der Waals surface area contributed by atoms with Crippen molar-refractivity contribution in [2.45, 2.75) is 190 Å². The predicted octanol–water partition coefficient (Wildman–Crippen LogP) is 7.03. The van der Waals surface area contributed by atoms with Crippen LogP contribution in [0.15, 0.2) is 84.9 Å². The van der Waals surface area contributed by atoms with Gasteiger partial charge in [0.15, 0.2) is 5.78 Å². The van der Waals surface area contributed by atoms with Gasteiger partial charge in [-0.1, -0.05) is 111 Å². The molecule has 0 aromatic heterocycles. The monoisotopic (exact) mass is 1120 g/mol. The van der Waals surface area contributed by atoms with Crippen LogP contribution in [0.3, 0.4) is 0 Å². The zero-order valence-electron chi connectivity index (χ0n) is 48.8. The second-order valence-corrected chi connectivity index (χ2v) is 24.4. The van der Waals surface area contributed by atoms with E-state index in [1.54, 1.807) is 62.0 Å². The van der Waals surface area contributed by atoms with Gasteiger partial charge in [0, 0.05) is 49.8 Å². The molecule has 0 unspecified atom stereocenters. The van der Waals surface area contributed by atoms with Crippen LogP contribution >= 0.6 is 0 Å². The van der Waals surface area contributed by atoms with E-state index in [-0.39, 0.29) is 97.0 Å². The number of piperidine rings is 2. The normalized spacial score (nSPS) is 25.1. The molecule has 5 N–H and O–H groups in total. The molecular formula is C65H89N9O8. The van der Waals surface area contributed by atoms with Gasteiger partial charge in [0.25, 0.3) is 5.91 Å². The molecule has 6 aliphatic rings. The predicted molar refractivity (Wildman–Crippen MR) is 314 cm³/mol. The maximum Gasteiger partial charge on any atom is 0.251 e. The number of likely N-dealkylation sites (tertiary alicyclic amines) is 4. The van der Waals surface area contributed by atoms with Crippen molar-refractivity contribution in [2.24, 2.45) is 17.8 Å². The SMILES string of the molecule is CN[C@@H](C)C(=O)N[C@H](C(=O)N1C[C@@H](CC(=O)c2ccc(C(=O)N[C@H]3C[C@@H](C(=O)N4CCCC[C@@H]4c4ccccc4)N(C(=O)[C@@H](NC(=O)[C@H](C)NC)C4CCCCC4)C3)cc2)C[C@H]1C(=O)N1CCCC[C@@H]1c1ccccc1)C1CCCCC1. The minimum absolute atomic E-state index is 0.0676. The van der Waals surface area contributed by atoms with Gasteiger partial charge in [-0.05, 0) is 146 Å². The average molecular weight is 1120 g/mol. The second-order valence-electron chi connectivity index (χ2n) is 24.4. The highest BCUT2D eigenvalue weighted by Gasteiger charge is 2.49. The highest BCUT2D eigenvalue weighted by molar-refractivity contribution is 6.00. The third-order valence-corrected chi connectivity index (χ3v) is 19.1. The van der Waals surface area contributed by atoms with Crippen LogP contribution in [0.2, 0.25) is 0 Å². The molecule has 0 radical (unpaired) electrons. The first-order chi connectivity index (χ1) is 39.7. The Bertz CT molecular complexity index is 2520. The van der Waals surface area contributed by atoms with Crippen LogP contribution in [0.5, 0.6) is 0 Å². The van der Waals surface area contributed by atoms with E-state index >= 15 is 19.2 Å². The Morgan fingerprint density at radius 1 is 0.488 bits per heavy atom. The molecule has 17 heteroatoms. The molecule has 0 spiro atoms. The van der Waals surface area contributed by atoms with Crippen LogP contribution in [0, 0.1) is 17.8 Å². The Morgan fingerprint density at radius 2 is 0.915 bits per heavy atom. The standard InChI is InChI=1S/C65H89N9O8/c1-42(66-3)59(76)69-57(48-25-13-7-14-26-48)64(81)73-40-44(37-54(73)62(79)71-35-19-17-29-52(71)45-21-9-5-10-22-45)38-56(75)47-31-33-50(34-32-47)61(78)68-51-39-55(63(80)72-36-20-18-30-53(72)46-23-11-6-12-24-46)74(41-51)65(82)58(49-27-15-8-16-28-49)70-60(77)43(2)67-4/h5-6,9-12,21-24,31-34,42-44,48-49,51-55,57-58,66-67H,7-8,13-20,25-30,35-41H2,1-4H3,(H,68,78)(H,69,76)(H,70,77)/t42-,43-,44+,51-,52+,53+,54-,55-,57-,58-/m0/s1. The maximum absolute atomic E-state index is 15.1. The summed E-state index contributed by atoms with van der Waals surface area (Å²) in [5.74, 6) is -2.55. The zero-order chi connectivity index (χ0) is 57.9. The number of Topliss-reactive ketones (excluding diaryl/α,β-unsaturated/α-hetero) is 1. The molecule has 10 atom stereocenters. The summed E-state index contributed by atoms with van der Waals surface area (Å²) >= 11 is 0. The maximum atomic E-state index is 15.1. The summed E-state index contributed by atoms with van der Waals surface area (Å²) in [5.41, 5.74) is 2.78. The van der Waals surface area contributed by atoms with E-state index in [2.05, 4.69) is 26.6 Å². The Kier molecular flexibility index (Phi) is 20.7. The van der Waals surface area contributed by atoms with E-state index in [1.165, 1.54) is 0 Å². The molecule has 442 valence electrons. The Labute approximate surface area is 485 Å². The number of carbonyl (C=O) groups excluding carboxylic acids is 8. The van der Waals surface area contributed by atoms with Gasteiger partial charge in [0.2, 0.25) is 35.4 Å². The van der Waals surface area contributed by atoms with Crippen LogP contribution in [-0.4, -0.2) is 149 Å². The number of likely N-dealkylation sites (N-methyl/N-ethyl adjacent to an activating group) is 2. The summed E-state index contributed by atoms with van der Waals surface area (Å²) in [6.07, 6.45) is 14.9. The molecule has 4 aliphatic heterocycles. The van der Waals surface area contributed by atoms with Crippen LogP contribution < -0.4 is 26.6 Å². The summed E-state index contributed by atoms with van der Waals surface area (Å²) in [4.78, 5) is 123. The fourth-order valence-electron chi connectivity index (χ4n) is 14.1. The first-order valence-corrected chi connectivity index (χ1v) is 31.0. The Morgan fingerprint density at radius 3 is 1.38 bits per heavy atom. The first-order valence-electron chi connectivity index (χ1n) is 31.0. The Hall–Kier alpha value is -6.46. The van der Waals surface area contributed by atoms with Crippen molar-refractivity contribution in [3.05, 3.63) is 107 Å². The van der Waals surface area contributed by atoms with Crippen molar-refractivity contribution < 1.29 is 38.4 Å². The topological polar surface area (TPSA) is 210 Å². The molecule has 4 saturated heterocycles. The Balaban J connectivity index is 0.919. The molecular weight excluding hydrogens is 1030 g/mol. The van der Waals surface area contributed by atoms with E-state index < -0.39 is 48.2 Å². The van der Waals surface area contributed by atoms with Gasteiger partial charge < -0.3 is 46.2 Å². The number of hydrogen-bond donors (Lipinski definition) is 5. The van der Waals surface area contributed by atoms with Gasteiger partial charge >= 0.3 is 0 Å². The van der Waals surface area contributed by atoms with Gasteiger partial charge in [0.1, 0.15) is 24.2 Å². The number of nitrogens with one attached hydrogen (secondary N) is 5. The highest BCUT2D eigenvalue weighted by Crippen LogP contribution is 2.39. The minimum atomic E-state index is -0.868. The molecule has 9 rings (SSSR count). The summed E-state index contributed by atoms with van der Waals surface area (Å²) < 4.78 is 0. The molecule has 2 aliphatic carbocycles. The van der Waals surface area contributed by atoms with Crippen molar-refractivity contribution >= 4 is 47.1 Å². The molecule has 7 amide bonds. The van der Waals surface area contributed by atoms with Crippen LogP contribution in [0.4, 0.5) is 0 Å². The van der Waals surface area contributed by atoms with E-state index in [0.717, 1.165) is 114 Å². The van der Waals surface area contributed by atoms with E-state index in [1.807, 2.05) is 70.5 Å². The second kappa shape index (κ2) is 28.2. The summed E-state index contributed by atoms with van der Waals surface area (Å²) in [7, 11) is 3.41. The van der Waals surface area contributed by atoms with E-state index in [0.29, 0.717) is 30.6 Å². The molecule has 6 fully saturated rings. The van der Waals surface area contributed by atoms with Gasteiger partial charge in [-0.3, -0.25) is 38.4 Å². The lowest BCUT2D eigenvalue weighted by Gasteiger charge is -2.40. The summed E-state index contributed by atoms with van der Waals surface area (Å²) in [6.45, 7) is 4.88. The van der Waals surface area contributed by atoms with Crippen LogP contribution in [-0.2, 0) is 28.8 Å². The number of benzene rings is 3. The average Bonchev–Trinajstić information content (AvgIpc) is 4.30. The van der Waals surface area contributed by atoms with E-state index in [4.69, 9.17) is 0 Å². The molecule has 17 nitrogen and oxygen atoms in total. The van der Waals surface area contributed by atoms with E-state index in [9.17, 15) is 19.2 Å². The van der Waals surface area contributed by atoms with Crippen molar-refractivity contribution in [1.29, 1.82) is 0 Å². The fourth-order valence-corrected chi connectivity index (χ4v) is 14.1. The number of hydrogen-bond acceptors (Lipinski definition) is 10. The lowest BCUT2D eigenvalue weighted by atomic mass is 9.83. The zero-order valence-corrected chi connectivity index (χ0v) is 48.8. The molecule has 0 bridgehead atoms. The summed E-state index contributed by atoms with van der Waals surface area (Å²) in [6, 6.07) is 21.2. The molecule has 3 aromatic rings. The number of carbonyl (C=O) groups is 8. The molecule has 2 saturated carbocycles. The van der Waals surface area contributed by atoms with Crippen LogP contribution in [0.1, 0.15) is 180 Å². The molecule has 4 heterocycles. The quantitative estimate of drug-likeness (QED) is 0.0775. The number of ketones is 1. The number of rotatable bonds is 19. The van der Waals surface area contributed by atoms with Crippen molar-refractivity contribution in [3.8, 4) is 0 Å². The first kappa shape index (κ1) is 60.1. The largest absolute Gasteiger partial charge is 0.347 e. The lowest BCUT2D eigenvalue weighted by molar-refractivity contribution is -0.149.